The van der Waals surface area contributed by atoms with E-state index in [9.17, 15) is 23.3 Å². The van der Waals surface area contributed by atoms with Gasteiger partial charge in [0.2, 0.25) is 11.9 Å². The van der Waals surface area contributed by atoms with Crippen LogP contribution < -0.4 is 5.32 Å². The SMILES string of the molecule is CN(C)S(=O)(=O)N1CCC(C(=O)Nc2nc3ccccc3n2Cc2ccc([N+](=O)[O-])cc2)CC1. The second kappa shape index (κ2) is 9.49. The zero-order chi connectivity index (χ0) is 24.5. The summed E-state index contributed by atoms with van der Waals surface area (Å²) in [5.41, 5.74) is 2.37. The summed E-state index contributed by atoms with van der Waals surface area (Å²) < 4.78 is 29.1. The lowest BCUT2D eigenvalue weighted by molar-refractivity contribution is -0.384. The van der Waals surface area contributed by atoms with E-state index in [1.807, 2.05) is 28.8 Å². The van der Waals surface area contributed by atoms with Gasteiger partial charge in [-0.3, -0.25) is 20.2 Å². The Balaban J connectivity index is 1.52. The second-order valence-corrected chi connectivity index (χ2v) is 10.5. The van der Waals surface area contributed by atoms with Crippen LogP contribution >= 0.6 is 0 Å². The molecule has 180 valence electrons. The molecule has 11 nitrogen and oxygen atoms in total. The first-order chi connectivity index (χ1) is 16.2. The summed E-state index contributed by atoms with van der Waals surface area (Å²) >= 11 is 0. The Labute approximate surface area is 197 Å². The highest BCUT2D eigenvalue weighted by Gasteiger charge is 2.32. The van der Waals surface area contributed by atoms with E-state index in [2.05, 4.69) is 10.3 Å². The van der Waals surface area contributed by atoms with Gasteiger partial charge in [0.05, 0.1) is 22.5 Å². The van der Waals surface area contributed by atoms with Crippen molar-refractivity contribution < 1.29 is 18.1 Å². The highest BCUT2D eigenvalue weighted by Crippen LogP contribution is 2.25. The van der Waals surface area contributed by atoms with E-state index < -0.39 is 15.1 Å². The van der Waals surface area contributed by atoms with Crippen molar-refractivity contribution in [2.24, 2.45) is 5.92 Å². The summed E-state index contributed by atoms with van der Waals surface area (Å²) in [6.45, 7) is 0.920. The molecule has 0 atom stereocenters. The Bertz CT molecular complexity index is 1310. The Hall–Kier alpha value is -3.35. The predicted molar refractivity (Wildman–Crippen MR) is 127 cm³/mol. The van der Waals surface area contributed by atoms with Gasteiger partial charge in [-0.05, 0) is 30.5 Å². The number of non-ortho nitro benzene ring substituents is 1. The topological polar surface area (TPSA) is 131 Å². The summed E-state index contributed by atoms with van der Waals surface area (Å²) in [7, 11) is -0.519. The van der Waals surface area contributed by atoms with Crippen LogP contribution in [0.5, 0.6) is 0 Å². The van der Waals surface area contributed by atoms with E-state index in [-0.39, 0.29) is 30.6 Å². The second-order valence-electron chi connectivity index (χ2n) is 8.39. The van der Waals surface area contributed by atoms with Crippen LogP contribution in [0.2, 0.25) is 0 Å². The van der Waals surface area contributed by atoms with Gasteiger partial charge in [0.1, 0.15) is 0 Å². The molecule has 4 rings (SSSR count). The number of anilines is 1. The number of hydrogen-bond donors (Lipinski definition) is 1. The van der Waals surface area contributed by atoms with Crippen LogP contribution in [0.15, 0.2) is 48.5 Å². The van der Waals surface area contributed by atoms with Crippen molar-refractivity contribution in [1.82, 2.24) is 18.2 Å². The average Bonchev–Trinajstić information content (AvgIpc) is 3.16. The van der Waals surface area contributed by atoms with Crippen LogP contribution in [0.3, 0.4) is 0 Å². The van der Waals surface area contributed by atoms with Crippen LogP contribution in [0.1, 0.15) is 18.4 Å². The van der Waals surface area contributed by atoms with Gasteiger partial charge < -0.3 is 4.57 Å². The summed E-state index contributed by atoms with van der Waals surface area (Å²) in [6, 6.07) is 13.7. The predicted octanol–water partition coefficient (Wildman–Crippen LogP) is 2.45. The zero-order valence-electron chi connectivity index (χ0n) is 18.9. The van der Waals surface area contributed by atoms with Gasteiger partial charge in [-0.25, -0.2) is 4.98 Å². The number of aromatic nitrogens is 2. The zero-order valence-corrected chi connectivity index (χ0v) is 19.7. The summed E-state index contributed by atoms with van der Waals surface area (Å²) in [4.78, 5) is 28.1. The molecule has 2 heterocycles. The van der Waals surface area contributed by atoms with Crippen molar-refractivity contribution in [3.63, 3.8) is 0 Å². The highest BCUT2D eigenvalue weighted by atomic mass is 32.2. The van der Waals surface area contributed by atoms with Gasteiger partial charge in [0.15, 0.2) is 0 Å². The first-order valence-electron chi connectivity index (χ1n) is 10.8. The number of imidazole rings is 1. The molecular weight excluding hydrogens is 460 g/mol. The number of rotatable bonds is 7. The lowest BCUT2D eigenvalue weighted by Gasteiger charge is -2.32. The van der Waals surface area contributed by atoms with E-state index in [0.717, 1.165) is 11.1 Å². The number of benzene rings is 2. The van der Waals surface area contributed by atoms with Gasteiger partial charge >= 0.3 is 0 Å². The van der Waals surface area contributed by atoms with Crippen LogP contribution in [0.25, 0.3) is 11.0 Å². The molecule has 3 aromatic rings. The first kappa shape index (κ1) is 23.8. The van der Waals surface area contributed by atoms with Gasteiger partial charge in [0, 0.05) is 45.2 Å². The minimum Gasteiger partial charge on any atom is -0.305 e. The smallest absolute Gasteiger partial charge is 0.281 e. The summed E-state index contributed by atoms with van der Waals surface area (Å²) in [5, 5.41) is 13.9. The van der Waals surface area contributed by atoms with Crippen molar-refractivity contribution in [3.8, 4) is 0 Å². The lowest BCUT2D eigenvalue weighted by Crippen LogP contribution is -2.46. The number of carbonyl (C=O) groups excluding carboxylic acids is 1. The largest absolute Gasteiger partial charge is 0.305 e. The Morgan fingerprint density at radius 2 is 1.79 bits per heavy atom. The number of amides is 1. The number of carbonyl (C=O) groups is 1. The van der Waals surface area contributed by atoms with E-state index in [4.69, 9.17) is 0 Å². The normalized spacial score (nSPS) is 15.6. The maximum Gasteiger partial charge on any atom is 0.281 e. The Morgan fingerprint density at radius 3 is 2.41 bits per heavy atom. The molecular formula is C22H26N6O5S. The molecule has 0 radical (unpaired) electrons. The van der Waals surface area contributed by atoms with Gasteiger partial charge in [0.25, 0.3) is 15.9 Å². The van der Waals surface area contributed by atoms with E-state index >= 15 is 0 Å². The Morgan fingerprint density at radius 1 is 1.15 bits per heavy atom. The number of piperidine rings is 1. The Kier molecular flexibility index (Phi) is 6.64. The van der Waals surface area contributed by atoms with Gasteiger partial charge in [-0.15, -0.1) is 0 Å². The molecule has 0 bridgehead atoms. The maximum atomic E-state index is 13.0. The van der Waals surface area contributed by atoms with Crippen molar-refractivity contribution in [3.05, 3.63) is 64.2 Å². The lowest BCUT2D eigenvalue weighted by atomic mass is 9.97. The molecule has 1 N–H and O–H groups in total. The fourth-order valence-electron chi connectivity index (χ4n) is 4.03. The number of nitrogens with one attached hydrogen (secondary N) is 1. The number of fused-ring (bicyclic) bond motifs is 1. The van der Waals surface area contributed by atoms with Gasteiger partial charge in [-0.2, -0.15) is 17.0 Å². The molecule has 0 aliphatic carbocycles. The van der Waals surface area contributed by atoms with Crippen molar-refractivity contribution in [1.29, 1.82) is 0 Å². The van der Waals surface area contributed by atoms with Crippen LogP contribution in [-0.2, 0) is 21.5 Å². The molecule has 2 aromatic carbocycles. The molecule has 1 amide bonds. The number of nitro groups is 1. The molecule has 34 heavy (non-hydrogen) atoms. The monoisotopic (exact) mass is 486 g/mol. The van der Waals surface area contributed by atoms with Crippen molar-refractivity contribution in [2.75, 3.05) is 32.5 Å². The molecule has 0 spiro atoms. The van der Waals surface area contributed by atoms with Crippen LogP contribution in [0, 0.1) is 16.0 Å². The average molecular weight is 487 g/mol. The van der Waals surface area contributed by atoms with E-state index in [0.29, 0.717) is 30.9 Å². The third-order valence-electron chi connectivity index (χ3n) is 5.99. The van der Waals surface area contributed by atoms with Crippen molar-refractivity contribution in [2.45, 2.75) is 19.4 Å². The fraction of sp³-hybridized carbons (Fsp3) is 0.364. The molecule has 1 fully saturated rings. The molecule has 12 heteroatoms. The highest BCUT2D eigenvalue weighted by molar-refractivity contribution is 7.86. The number of para-hydroxylation sites is 2. The molecule has 1 aromatic heterocycles. The molecule has 0 saturated carbocycles. The van der Waals surface area contributed by atoms with E-state index in [1.54, 1.807) is 12.1 Å². The molecule has 1 aliphatic heterocycles. The fourth-order valence-corrected chi connectivity index (χ4v) is 5.16. The minimum atomic E-state index is -3.50. The third kappa shape index (κ3) is 4.79. The molecule has 1 saturated heterocycles. The summed E-state index contributed by atoms with van der Waals surface area (Å²) in [5.74, 6) is -0.156. The standard InChI is InChI=1S/C22H26N6O5S/c1-25(2)34(32,33)26-13-11-17(12-14-26)21(29)24-22-23-19-5-3-4-6-20(19)27(22)15-16-7-9-18(10-8-16)28(30)31/h3-10,17H,11-15H2,1-2H3,(H,23,24,29). The van der Waals surface area contributed by atoms with Crippen LogP contribution in [-0.4, -0.2) is 64.6 Å². The molecule has 0 unspecified atom stereocenters. The summed E-state index contributed by atoms with van der Waals surface area (Å²) in [6.07, 6.45) is 0.836. The third-order valence-corrected chi connectivity index (χ3v) is 7.93. The minimum absolute atomic E-state index is 0.00962. The van der Waals surface area contributed by atoms with E-state index in [1.165, 1.54) is 34.8 Å². The maximum absolute atomic E-state index is 13.0. The number of nitro benzene ring substituents is 1. The van der Waals surface area contributed by atoms with Crippen LogP contribution in [0.4, 0.5) is 11.6 Å². The quantitative estimate of drug-likeness (QED) is 0.403. The molecule has 1 aliphatic rings. The first-order valence-corrected chi connectivity index (χ1v) is 12.2. The number of nitrogens with zero attached hydrogens (tertiary/aromatic N) is 5. The number of hydrogen-bond acceptors (Lipinski definition) is 6. The van der Waals surface area contributed by atoms with Gasteiger partial charge in [-0.1, -0.05) is 24.3 Å². The van der Waals surface area contributed by atoms with Crippen molar-refractivity contribution >= 4 is 38.8 Å².